The van der Waals surface area contributed by atoms with Crippen LogP contribution in [-0.4, -0.2) is 23.0 Å². The highest BCUT2D eigenvalue weighted by atomic mass is 16.5. The van der Waals surface area contributed by atoms with Gasteiger partial charge < -0.3 is 14.0 Å². The molecule has 0 aliphatic rings. The Labute approximate surface area is 110 Å². The third-order valence-corrected chi connectivity index (χ3v) is 2.32. The second kappa shape index (κ2) is 5.99. The minimum Gasteiger partial charge on any atom is -0.490 e. The number of carbonyl (C=O) groups excluding carboxylic acids is 1. The average Bonchev–Trinajstić information content (AvgIpc) is 2.83. The van der Waals surface area contributed by atoms with Crippen molar-refractivity contribution in [1.29, 1.82) is 0 Å². The van der Waals surface area contributed by atoms with Crippen LogP contribution in [0.3, 0.4) is 0 Å². The van der Waals surface area contributed by atoms with Crippen molar-refractivity contribution < 1.29 is 18.8 Å². The molecule has 0 aliphatic heterocycles. The molecule has 0 spiro atoms. The Morgan fingerprint density at radius 2 is 2.16 bits per heavy atom. The summed E-state index contributed by atoms with van der Waals surface area (Å²) in [6.07, 6.45) is 0.758. The maximum absolute atomic E-state index is 10.7. The smallest absolute Gasteiger partial charge is 0.264 e. The van der Waals surface area contributed by atoms with Crippen LogP contribution in [0.25, 0.3) is 0 Å². The highest BCUT2D eigenvalue weighted by Crippen LogP contribution is 2.28. The Balaban J connectivity index is 2.12. The standard InChI is InChI=1S/C13H14N2O4/c1-3-17-12-6-10(7-16)4-5-11(12)18-8-13-14-9(2)15-19-13/h4-7H,3,8H2,1-2H3. The molecule has 0 bridgehead atoms. The average molecular weight is 262 g/mol. The van der Waals surface area contributed by atoms with E-state index in [-0.39, 0.29) is 6.61 Å². The van der Waals surface area contributed by atoms with Crippen LogP contribution in [-0.2, 0) is 6.61 Å². The molecule has 0 unspecified atom stereocenters. The van der Waals surface area contributed by atoms with Gasteiger partial charge in [0.25, 0.3) is 5.89 Å². The number of aromatic nitrogens is 2. The van der Waals surface area contributed by atoms with Gasteiger partial charge in [0.1, 0.15) is 6.29 Å². The second-order valence-electron chi connectivity index (χ2n) is 3.78. The summed E-state index contributed by atoms with van der Waals surface area (Å²) in [5.41, 5.74) is 0.532. The normalized spacial score (nSPS) is 10.2. The molecule has 6 nitrogen and oxygen atoms in total. The molecule has 0 radical (unpaired) electrons. The molecule has 0 amide bonds. The number of hydrogen-bond acceptors (Lipinski definition) is 6. The first-order valence-corrected chi connectivity index (χ1v) is 5.87. The third-order valence-electron chi connectivity index (χ3n) is 2.32. The summed E-state index contributed by atoms with van der Waals surface area (Å²) in [5, 5.41) is 3.67. The minimum atomic E-state index is 0.154. The van der Waals surface area contributed by atoms with Gasteiger partial charge in [-0.3, -0.25) is 4.79 Å². The summed E-state index contributed by atoms with van der Waals surface area (Å²) in [6, 6.07) is 4.97. The van der Waals surface area contributed by atoms with Gasteiger partial charge in [-0.05, 0) is 32.0 Å². The highest BCUT2D eigenvalue weighted by Gasteiger charge is 2.09. The lowest BCUT2D eigenvalue weighted by Gasteiger charge is -2.10. The van der Waals surface area contributed by atoms with Gasteiger partial charge >= 0.3 is 0 Å². The molecule has 1 aromatic carbocycles. The second-order valence-corrected chi connectivity index (χ2v) is 3.78. The predicted octanol–water partition coefficient (Wildman–Crippen LogP) is 2.17. The molecule has 2 aromatic rings. The number of aryl methyl sites for hydroxylation is 1. The van der Waals surface area contributed by atoms with Crippen molar-refractivity contribution in [3.8, 4) is 11.5 Å². The minimum absolute atomic E-state index is 0.154. The lowest BCUT2D eigenvalue weighted by atomic mass is 10.2. The van der Waals surface area contributed by atoms with Crippen LogP contribution in [0, 0.1) is 6.92 Å². The van der Waals surface area contributed by atoms with Gasteiger partial charge in [0.05, 0.1) is 6.61 Å². The van der Waals surface area contributed by atoms with Crippen molar-refractivity contribution in [2.75, 3.05) is 6.61 Å². The molecule has 1 aromatic heterocycles. The summed E-state index contributed by atoms with van der Waals surface area (Å²) in [7, 11) is 0. The van der Waals surface area contributed by atoms with E-state index < -0.39 is 0 Å². The molecule has 0 fully saturated rings. The fourth-order valence-electron chi connectivity index (χ4n) is 1.52. The summed E-state index contributed by atoms with van der Waals surface area (Å²) in [6.45, 7) is 4.23. The van der Waals surface area contributed by atoms with Crippen LogP contribution >= 0.6 is 0 Å². The Morgan fingerprint density at radius 3 is 2.79 bits per heavy atom. The van der Waals surface area contributed by atoms with Gasteiger partial charge in [0, 0.05) is 5.56 Å². The first-order chi connectivity index (χ1) is 9.22. The van der Waals surface area contributed by atoms with Crippen LogP contribution in [0.4, 0.5) is 0 Å². The topological polar surface area (TPSA) is 74.5 Å². The van der Waals surface area contributed by atoms with Gasteiger partial charge in [-0.25, -0.2) is 0 Å². The molecule has 0 aliphatic carbocycles. The van der Waals surface area contributed by atoms with Crippen LogP contribution < -0.4 is 9.47 Å². The zero-order chi connectivity index (χ0) is 13.7. The van der Waals surface area contributed by atoms with Crippen molar-refractivity contribution >= 4 is 6.29 Å². The van der Waals surface area contributed by atoms with Gasteiger partial charge in [-0.2, -0.15) is 4.98 Å². The fourth-order valence-corrected chi connectivity index (χ4v) is 1.52. The number of benzene rings is 1. The molecule has 100 valence electrons. The Kier molecular flexibility index (Phi) is 4.12. The first-order valence-electron chi connectivity index (χ1n) is 5.87. The Hall–Kier alpha value is -2.37. The molecule has 0 saturated carbocycles. The van der Waals surface area contributed by atoms with Crippen molar-refractivity contribution in [1.82, 2.24) is 10.1 Å². The monoisotopic (exact) mass is 262 g/mol. The zero-order valence-electron chi connectivity index (χ0n) is 10.8. The molecule has 2 rings (SSSR count). The summed E-state index contributed by atoms with van der Waals surface area (Å²) >= 11 is 0. The van der Waals surface area contributed by atoms with Gasteiger partial charge in [-0.15, -0.1) is 0 Å². The van der Waals surface area contributed by atoms with E-state index >= 15 is 0 Å². The predicted molar refractivity (Wildman–Crippen MR) is 66.4 cm³/mol. The van der Waals surface area contributed by atoms with Crippen molar-refractivity contribution in [2.45, 2.75) is 20.5 Å². The molecule has 0 N–H and O–H groups in total. The lowest BCUT2D eigenvalue weighted by Crippen LogP contribution is -2.00. The van der Waals surface area contributed by atoms with E-state index in [2.05, 4.69) is 10.1 Å². The van der Waals surface area contributed by atoms with Crippen LogP contribution in [0.5, 0.6) is 11.5 Å². The van der Waals surface area contributed by atoms with Gasteiger partial charge in [-0.1, -0.05) is 5.16 Å². The summed E-state index contributed by atoms with van der Waals surface area (Å²) < 4.78 is 15.9. The Morgan fingerprint density at radius 1 is 1.32 bits per heavy atom. The van der Waals surface area contributed by atoms with Crippen molar-refractivity contribution in [3.63, 3.8) is 0 Å². The van der Waals surface area contributed by atoms with E-state index in [1.807, 2.05) is 6.92 Å². The van der Waals surface area contributed by atoms with Crippen LogP contribution in [0.15, 0.2) is 22.7 Å². The van der Waals surface area contributed by atoms with E-state index in [0.717, 1.165) is 6.29 Å². The summed E-state index contributed by atoms with van der Waals surface area (Å²) in [4.78, 5) is 14.8. The molecule has 19 heavy (non-hydrogen) atoms. The van der Waals surface area contributed by atoms with Crippen LogP contribution in [0.2, 0.25) is 0 Å². The lowest BCUT2D eigenvalue weighted by molar-refractivity contribution is 0.112. The summed E-state index contributed by atoms with van der Waals surface area (Å²) in [5.74, 6) is 1.99. The molecule has 6 heteroatoms. The number of aldehydes is 1. The maximum atomic E-state index is 10.7. The van der Waals surface area contributed by atoms with E-state index in [1.54, 1.807) is 25.1 Å². The quantitative estimate of drug-likeness (QED) is 0.743. The van der Waals surface area contributed by atoms with Crippen molar-refractivity contribution in [3.05, 3.63) is 35.5 Å². The van der Waals surface area contributed by atoms with Gasteiger partial charge in [0.2, 0.25) is 0 Å². The number of nitrogens with zero attached hydrogens (tertiary/aromatic N) is 2. The number of hydrogen-bond donors (Lipinski definition) is 0. The van der Waals surface area contributed by atoms with E-state index in [0.29, 0.717) is 35.4 Å². The number of carbonyl (C=O) groups is 1. The highest BCUT2D eigenvalue weighted by molar-refractivity contribution is 5.76. The van der Waals surface area contributed by atoms with E-state index in [4.69, 9.17) is 14.0 Å². The number of ether oxygens (including phenoxy) is 2. The molecule has 0 saturated heterocycles. The van der Waals surface area contributed by atoms with Gasteiger partial charge in [0.15, 0.2) is 23.9 Å². The molecular formula is C13H14N2O4. The molecule has 1 heterocycles. The first kappa shape index (κ1) is 13.1. The molecule has 0 atom stereocenters. The number of rotatable bonds is 6. The zero-order valence-corrected chi connectivity index (χ0v) is 10.8. The van der Waals surface area contributed by atoms with E-state index in [1.165, 1.54) is 0 Å². The largest absolute Gasteiger partial charge is 0.490 e. The fraction of sp³-hybridized carbons (Fsp3) is 0.308. The molecular weight excluding hydrogens is 248 g/mol. The Bertz CT molecular complexity index is 566. The third kappa shape index (κ3) is 3.31. The van der Waals surface area contributed by atoms with E-state index in [9.17, 15) is 4.79 Å². The van der Waals surface area contributed by atoms with Crippen LogP contribution in [0.1, 0.15) is 29.0 Å². The maximum Gasteiger partial charge on any atom is 0.264 e. The van der Waals surface area contributed by atoms with Crippen molar-refractivity contribution in [2.24, 2.45) is 0 Å². The SMILES string of the molecule is CCOc1cc(C=O)ccc1OCc1nc(C)no1.